The maximum atomic E-state index is 13.6. The van der Waals surface area contributed by atoms with Crippen molar-refractivity contribution in [3.63, 3.8) is 0 Å². The van der Waals surface area contributed by atoms with Crippen LogP contribution in [0.3, 0.4) is 0 Å². The van der Waals surface area contributed by atoms with Crippen molar-refractivity contribution >= 4 is 34.2 Å². The summed E-state index contributed by atoms with van der Waals surface area (Å²) >= 11 is 0. The lowest BCUT2D eigenvalue weighted by atomic mass is 10.1. The molecule has 2 aromatic carbocycles. The summed E-state index contributed by atoms with van der Waals surface area (Å²) in [5.74, 6) is 0. The molecule has 0 N–H and O–H groups in total. The summed E-state index contributed by atoms with van der Waals surface area (Å²) in [4.78, 5) is 31.6. The van der Waals surface area contributed by atoms with E-state index in [0.717, 1.165) is 33.4 Å². The summed E-state index contributed by atoms with van der Waals surface area (Å²) in [5, 5.41) is 1.11. The standard InChI is InChI=1S/C30H21N5O/c36-30-28(19-22-7-4-16-31-20-22)34-27-11-5-17-32-29(27)35(30)25-9-3-6-21(18-25)12-14-24-15-13-23-8-1-2-10-26(23)33-24/h1-18,20H,19H2/b14-12+. The van der Waals surface area contributed by atoms with E-state index in [9.17, 15) is 4.79 Å². The normalized spacial score (nSPS) is 11.4. The molecule has 0 unspecified atom stereocenters. The first-order valence-corrected chi connectivity index (χ1v) is 11.6. The molecular formula is C30H21N5O. The molecule has 0 fully saturated rings. The van der Waals surface area contributed by atoms with E-state index in [4.69, 9.17) is 4.98 Å². The molecule has 0 atom stereocenters. The zero-order valence-electron chi connectivity index (χ0n) is 19.3. The number of aromatic nitrogens is 5. The van der Waals surface area contributed by atoms with Gasteiger partial charge in [0.05, 0.1) is 16.9 Å². The predicted molar refractivity (Wildman–Crippen MR) is 143 cm³/mol. The summed E-state index contributed by atoms with van der Waals surface area (Å²) in [6.45, 7) is 0. The Morgan fingerprint density at radius 2 is 1.67 bits per heavy atom. The van der Waals surface area contributed by atoms with Crippen molar-refractivity contribution in [2.45, 2.75) is 6.42 Å². The van der Waals surface area contributed by atoms with Gasteiger partial charge in [0.2, 0.25) is 0 Å². The Bertz CT molecular complexity index is 1790. The second-order valence-electron chi connectivity index (χ2n) is 8.44. The van der Waals surface area contributed by atoms with Gasteiger partial charge < -0.3 is 0 Å². The van der Waals surface area contributed by atoms with Crippen LogP contribution in [0.5, 0.6) is 0 Å². The third-order valence-corrected chi connectivity index (χ3v) is 5.97. The van der Waals surface area contributed by atoms with Crippen molar-refractivity contribution < 1.29 is 0 Å². The first-order chi connectivity index (χ1) is 17.7. The maximum Gasteiger partial charge on any atom is 0.278 e. The van der Waals surface area contributed by atoms with Gasteiger partial charge in [-0.2, -0.15) is 0 Å². The summed E-state index contributed by atoms with van der Waals surface area (Å²) in [6, 6.07) is 27.4. The first-order valence-electron chi connectivity index (χ1n) is 11.6. The fraction of sp³-hybridized carbons (Fsp3) is 0.0333. The lowest BCUT2D eigenvalue weighted by Gasteiger charge is -2.12. The van der Waals surface area contributed by atoms with Crippen LogP contribution < -0.4 is 5.56 Å². The van der Waals surface area contributed by atoms with Crippen molar-refractivity contribution in [1.29, 1.82) is 0 Å². The molecular weight excluding hydrogens is 446 g/mol. The van der Waals surface area contributed by atoms with Gasteiger partial charge in [-0.1, -0.05) is 48.5 Å². The molecule has 6 heteroatoms. The molecule has 0 aliphatic heterocycles. The number of nitrogens with zero attached hydrogens (tertiary/aromatic N) is 5. The number of hydrogen-bond donors (Lipinski definition) is 0. The average Bonchev–Trinajstić information content (AvgIpc) is 2.93. The third-order valence-electron chi connectivity index (χ3n) is 5.97. The number of para-hydroxylation sites is 1. The van der Waals surface area contributed by atoms with E-state index in [-0.39, 0.29) is 5.56 Å². The predicted octanol–water partition coefficient (Wildman–Crippen LogP) is 5.49. The molecule has 6 nitrogen and oxygen atoms in total. The van der Waals surface area contributed by atoms with Gasteiger partial charge in [0, 0.05) is 30.4 Å². The van der Waals surface area contributed by atoms with Crippen LogP contribution in [0.4, 0.5) is 0 Å². The Balaban J connectivity index is 1.41. The molecule has 0 saturated heterocycles. The lowest BCUT2D eigenvalue weighted by molar-refractivity contribution is 0.924. The molecule has 0 saturated carbocycles. The minimum Gasteiger partial charge on any atom is -0.267 e. The topological polar surface area (TPSA) is 73.6 Å². The molecule has 172 valence electrons. The number of hydrogen-bond acceptors (Lipinski definition) is 5. The van der Waals surface area contributed by atoms with Crippen LogP contribution in [0.25, 0.3) is 39.9 Å². The molecule has 6 aromatic rings. The number of rotatable bonds is 5. The smallest absolute Gasteiger partial charge is 0.267 e. The van der Waals surface area contributed by atoms with Crippen molar-refractivity contribution in [3.8, 4) is 5.69 Å². The molecule has 0 aliphatic rings. The Kier molecular flexibility index (Phi) is 5.60. The highest BCUT2D eigenvalue weighted by Crippen LogP contribution is 2.18. The lowest BCUT2D eigenvalue weighted by Crippen LogP contribution is -2.25. The summed E-state index contributed by atoms with van der Waals surface area (Å²) in [7, 11) is 0. The molecule has 4 heterocycles. The summed E-state index contributed by atoms with van der Waals surface area (Å²) in [5.41, 5.74) is 5.87. The quantitative estimate of drug-likeness (QED) is 0.335. The summed E-state index contributed by atoms with van der Waals surface area (Å²) < 4.78 is 1.64. The van der Waals surface area contributed by atoms with Crippen LogP contribution in [-0.2, 0) is 6.42 Å². The molecule has 0 amide bonds. The second kappa shape index (κ2) is 9.35. The fourth-order valence-corrected chi connectivity index (χ4v) is 4.24. The zero-order valence-corrected chi connectivity index (χ0v) is 19.3. The number of pyridine rings is 3. The Morgan fingerprint density at radius 3 is 2.58 bits per heavy atom. The Hall–Kier alpha value is -4.97. The maximum absolute atomic E-state index is 13.6. The highest BCUT2D eigenvalue weighted by Gasteiger charge is 2.14. The van der Waals surface area contributed by atoms with E-state index in [1.807, 2.05) is 91.0 Å². The molecule has 0 radical (unpaired) electrons. The van der Waals surface area contributed by atoms with Gasteiger partial charge in [0.25, 0.3) is 5.56 Å². The van der Waals surface area contributed by atoms with Crippen LogP contribution in [0.2, 0.25) is 0 Å². The highest BCUT2D eigenvalue weighted by molar-refractivity contribution is 5.81. The second-order valence-corrected chi connectivity index (χ2v) is 8.44. The van der Waals surface area contributed by atoms with Gasteiger partial charge in [0.1, 0.15) is 11.2 Å². The minimum atomic E-state index is -0.192. The monoisotopic (exact) mass is 467 g/mol. The van der Waals surface area contributed by atoms with Crippen molar-refractivity contribution in [2.75, 3.05) is 0 Å². The van der Waals surface area contributed by atoms with Crippen LogP contribution in [0.15, 0.2) is 108 Å². The SMILES string of the molecule is O=c1c(Cc2cccnc2)nc2cccnc2n1-c1cccc(/C=C/c2ccc3ccccc3n2)c1. The number of benzene rings is 2. The van der Waals surface area contributed by atoms with Crippen molar-refractivity contribution in [2.24, 2.45) is 0 Å². The van der Waals surface area contributed by atoms with Gasteiger partial charge >= 0.3 is 0 Å². The van der Waals surface area contributed by atoms with Crippen LogP contribution in [0, 0.1) is 0 Å². The van der Waals surface area contributed by atoms with Crippen molar-refractivity contribution in [1.82, 2.24) is 24.5 Å². The van der Waals surface area contributed by atoms with Gasteiger partial charge in [-0.05, 0) is 59.7 Å². The molecule has 4 aromatic heterocycles. The Morgan fingerprint density at radius 1 is 0.778 bits per heavy atom. The van der Waals surface area contributed by atoms with Crippen molar-refractivity contribution in [3.05, 3.63) is 136 Å². The van der Waals surface area contributed by atoms with Gasteiger partial charge in [0.15, 0.2) is 5.65 Å². The van der Waals surface area contributed by atoms with Gasteiger partial charge in [-0.15, -0.1) is 0 Å². The van der Waals surface area contributed by atoms with Crippen LogP contribution in [-0.4, -0.2) is 24.5 Å². The van der Waals surface area contributed by atoms with E-state index in [2.05, 4.69) is 21.0 Å². The molecule has 0 aliphatic carbocycles. The number of fused-ring (bicyclic) bond motifs is 2. The van der Waals surface area contributed by atoms with E-state index in [1.54, 1.807) is 23.2 Å². The fourth-order valence-electron chi connectivity index (χ4n) is 4.24. The molecule has 6 rings (SSSR count). The molecule has 0 bridgehead atoms. The largest absolute Gasteiger partial charge is 0.278 e. The molecule has 0 spiro atoms. The van der Waals surface area contributed by atoms with E-state index in [1.165, 1.54) is 0 Å². The Labute approximate surface area is 207 Å². The zero-order chi connectivity index (χ0) is 24.3. The van der Waals surface area contributed by atoms with E-state index in [0.29, 0.717) is 23.3 Å². The third kappa shape index (κ3) is 4.28. The van der Waals surface area contributed by atoms with E-state index < -0.39 is 0 Å². The first kappa shape index (κ1) is 21.6. The average molecular weight is 468 g/mol. The van der Waals surface area contributed by atoms with E-state index >= 15 is 0 Å². The van der Waals surface area contributed by atoms with Gasteiger partial charge in [-0.25, -0.2) is 15.0 Å². The molecule has 36 heavy (non-hydrogen) atoms. The van der Waals surface area contributed by atoms with Crippen LogP contribution >= 0.6 is 0 Å². The minimum absolute atomic E-state index is 0.192. The van der Waals surface area contributed by atoms with Gasteiger partial charge in [-0.3, -0.25) is 14.3 Å². The van der Waals surface area contributed by atoms with Crippen LogP contribution in [0.1, 0.15) is 22.5 Å². The highest BCUT2D eigenvalue weighted by atomic mass is 16.1. The summed E-state index contributed by atoms with van der Waals surface area (Å²) in [6.07, 6.45) is 9.52.